The molecule has 3 nitrogen and oxygen atoms in total. The molecule has 2 heterocycles. The molecule has 3 heteroatoms. The third kappa shape index (κ3) is 1.39. The van der Waals surface area contributed by atoms with E-state index in [1.807, 2.05) is 6.21 Å². The molecule has 0 fully saturated rings. The third-order valence-corrected chi connectivity index (χ3v) is 2.61. The second kappa shape index (κ2) is 2.98. The number of aryl methyl sites for hydroxylation is 1. The molecule has 1 aliphatic heterocycles. The average Bonchev–Trinajstić information content (AvgIpc) is 2.29. The van der Waals surface area contributed by atoms with Crippen molar-refractivity contribution in [3.8, 4) is 0 Å². The summed E-state index contributed by atoms with van der Waals surface area (Å²) in [6.07, 6.45) is 1.89. The molecule has 0 radical (unpaired) electrons. The van der Waals surface area contributed by atoms with Crippen molar-refractivity contribution in [2.75, 3.05) is 6.54 Å². The van der Waals surface area contributed by atoms with Gasteiger partial charge in [-0.05, 0) is 19.8 Å². The maximum Gasteiger partial charge on any atom is 0.151 e. The first-order chi connectivity index (χ1) is 6.18. The van der Waals surface area contributed by atoms with Gasteiger partial charge in [-0.25, -0.2) is 4.98 Å². The van der Waals surface area contributed by atoms with Gasteiger partial charge in [0, 0.05) is 18.8 Å². The Bertz CT molecular complexity index is 349. The van der Waals surface area contributed by atoms with Crippen LogP contribution in [0.15, 0.2) is 4.99 Å². The summed E-state index contributed by atoms with van der Waals surface area (Å²) >= 11 is 0. The highest BCUT2D eigenvalue weighted by Gasteiger charge is 2.14. The summed E-state index contributed by atoms with van der Waals surface area (Å²) in [5.41, 5.74) is 2.39. The van der Waals surface area contributed by atoms with Gasteiger partial charge in [-0.15, -0.1) is 0 Å². The van der Waals surface area contributed by atoms with E-state index < -0.39 is 0 Å². The van der Waals surface area contributed by atoms with Gasteiger partial charge < -0.3 is 4.57 Å². The van der Waals surface area contributed by atoms with Crippen LogP contribution < -0.4 is 0 Å². The van der Waals surface area contributed by atoms with Crippen LogP contribution in [-0.4, -0.2) is 22.3 Å². The minimum absolute atomic E-state index is 0.616. The Kier molecular flexibility index (Phi) is 1.94. The van der Waals surface area contributed by atoms with Crippen molar-refractivity contribution >= 4 is 6.21 Å². The lowest BCUT2D eigenvalue weighted by Gasteiger charge is -2.09. The minimum atomic E-state index is 0.616. The van der Waals surface area contributed by atoms with Gasteiger partial charge >= 0.3 is 0 Å². The van der Waals surface area contributed by atoms with Gasteiger partial charge in [0.15, 0.2) is 5.82 Å². The molecule has 0 aromatic carbocycles. The molecule has 70 valence electrons. The van der Waals surface area contributed by atoms with Crippen LogP contribution in [0.25, 0.3) is 0 Å². The fourth-order valence-electron chi connectivity index (χ4n) is 1.69. The Labute approximate surface area is 78.5 Å². The summed E-state index contributed by atoms with van der Waals surface area (Å²) in [5, 5.41) is 0. The number of fused-ring (bicyclic) bond motifs is 1. The summed E-state index contributed by atoms with van der Waals surface area (Å²) in [6, 6.07) is 0. The van der Waals surface area contributed by atoms with Gasteiger partial charge in [0.1, 0.15) is 0 Å². The van der Waals surface area contributed by atoms with Crippen molar-refractivity contribution in [3.63, 3.8) is 0 Å². The quantitative estimate of drug-likeness (QED) is 0.591. The molecule has 0 amide bonds. The van der Waals surface area contributed by atoms with Crippen molar-refractivity contribution < 1.29 is 0 Å². The predicted octanol–water partition coefficient (Wildman–Crippen LogP) is 1.57. The molecule has 1 unspecified atom stereocenters. The Morgan fingerprint density at radius 2 is 2.23 bits per heavy atom. The van der Waals surface area contributed by atoms with Gasteiger partial charge in [-0.1, -0.05) is 6.92 Å². The van der Waals surface area contributed by atoms with Crippen LogP contribution in [0.4, 0.5) is 0 Å². The van der Waals surface area contributed by atoms with Gasteiger partial charge in [-0.2, -0.15) is 0 Å². The van der Waals surface area contributed by atoms with Crippen LogP contribution in [0.1, 0.15) is 24.1 Å². The zero-order valence-corrected chi connectivity index (χ0v) is 8.41. The van der Waals surface area contributed by atoms with Crippen LogP contribution in [-0.2, 0) is 6.54 Å². The third-order valence-electron chi connectivity index (χ3n) is 2.61. The van der Waals surface area contributed by atoms with Crippen LogP contribution in [0.5, 0.6) is 0 Å². The van der Waals surface area contributed by atoms with Crippen LogP contribution in [0.2, 0.25) is 0 Å². The van der Waals surface area contributed by atoms with Gasteiger partial charge in [-0.3, -0.25) is 4.99 Å². The van der Waals surface area contributed by atoms with E-state index in [2.05, 4.69) is 35.3 Å². The van der Waals surface area contributed by atoms with Crippen LogP contribution in [0.3, 0.4) is 0 Å². The summed E-state index contributed by atoms with van der Waals surface area (Å²) in [7, 11) is 0. The normalized spacial score (nSPS) is 21.3. The minimum Gasteiger partial charge on any atom is -0.327 e. The van der Waals surface area contributed by atoms with E-state index in [1.54, 1.807) is 0 Å². The van der Waals surface area contributed by atoms with Crippen molar-refractivity contribution in [2.45, 2.75) is 27.3 Å². The molecule has 0 spiro atoms. The van der Waals surface area contributed by atoms with Crippen molar-refractivity contribution in [1.82, 2.24) is 9.55 Å². The Morgan fingerprint density at radius 3 is 3.00 bits per heavy atom. The highest BCUT2D eigenvalue weighted by atomic mass is 15.1. The standard InChI is InChI=1S/C10H15N3/c1-7-4-11-5-10-12-8(2)9(3)13(10)6-7/h5,7H,4,6H2,1-3H3. The van der Waals surface area contributed by atoms with Gasteiger partial charge in [0.2, 0.25) is 0 Å². The second-order valence-corrected chi connectivity index (χ2v) is 3.85. The zero-order chi connectivity index (χ0) is 9.42. The number of aromatic nitrogens is 2. The first kappa shape index (κ1) is 8.48. The van der Waals surface area contributed by atoms with E-state index in [4.69, 9.17) is 0 Å². The lowest BCUT2D eigenvalue weighted by Crippen LogP contribution is -2.11. The molecule has 13 heavy (non-hydrogen) atoms. The largest absolute Gasteiger partial charge is 0.327 e. The van der Waals surface area contributed by atoms with Crippen molar-refractivity contribution in [3.05, 3.63) is 17.2 Å². The Morgan fingerprint density at radius 1 is 1.46 bits per heavy atom. The number of hydrogen-bond acceptors (Lipinski definition) is 2. The fourth-order valence-corrected chi connectivity index (χ4v) is 1.69. The summed E-state index contributed by atoms with van der Waals surface area (Å²) in [6.45, 7) is 8.36. The highest BCUT2D eigenvalue weighted by Crippen LogP contribution is 2.14. The molecular weight excluding hydrogens is 162 g/mol. The highest BCUT2D eigenvalue weighted by molar-refractivity contribution is 5.75. The number of nitrogens with zero attached hydrogens (tertiary/aromatic N) is 3. The Balaban J connectivity index is 2.49. The van der Waals surface area contributed by atoms with Crippen molar-refractivity contribution in [1.29, 1.82) is 0 Å². The summed E-state index contributed by atoms with van der Waals surface area (Å²) in [5.74, 6) is 1.63. The fraction of sp³-hybridized carbons (Fsp3) is 0.600. The van der Waals surface area contributed by atoms with E-state index in [0.717, 1.165) is 24.6 Å². The zero-order valence-electron chi connectivity index (χ0n) is 8.41. The molecule has 0 aliphatic carbocycles. The van der Waals surface area contributed by atoms with Crippen LogP contribution >= 0.6 is 0 Å². The summed E-state index contributed by atoms with van der Waals surface area (Å²) < 4.78 is 2.26. The molecule has 0 bridgehead atoms. The maximum atomic E-state index is 4.46. The van der Waals surface area contributed by atoms with E-state index in [0.29, 0.717) is 5.92 Å². The number of hydrogen-bond donors (Lipinski definition) is 0. The number of imidazole rings is 1. The average molecular weight is 177 g/mol. The molecule has 0 saturated heterocycles. The van der Waals surface area contributed by atoms with E-state index in [-0.39, 0.29) is 0 Å². The lowest BCUT2D eigenvalue weighted by molar-refractivity contribution is 0.493. The molecule has 1 aromatic rings. The monoisotopic (exact) mass is 177 g/mol. The molecule has 0 saturated carbocycles. The molecule has 0 N–H and O–H groups in total. The molecule has 2 rings (SSSR count). The van der Waals surface area contributed by atoms with Gasteiger partial charge in [0.05, 0.1) is 11.9 Å². The second-order valence-electron chi connectivity index (χ2n) is 3.85. The molecule has 1 aromatic heterocycles. The van der Waals surface area contributed by atoms with Gasteiger partial charge in [0.25, 0.3) is 0 Å². The predicted molar refractivity (Wildman–Crippen MR) is 53.3 cm³/mol. The molecule has 1 atom stereocenters. The Hall–Kier alpha value is -1.12. The van der Waals surface area contributed by atoms with E-state index in [9.17, 15) is 0 Å². The number of aliphatic imine (C=N–C) groups is 1. The summed E-state index contributed by atoms with van der Waals surface area (Å²) in [4.78, 5) is 8.80. The molecule has 1 aliphatic rings. The maximum absolute atomic E-state index is 4.46. The smallest absolute Gasteiger partial charge is 0.151 e. The lowest BCUT2D eigenvalue weighted by atomic mass is 10.2. The first-order valence-corrected chi connectivity index (χ1v) is 4.72. The first-order valence-electron chi connectivity index (χ1n) is 4.72. The SMILES string of the molecule is Cc1nc2n(c1C)CC(C)CN=C2. The topological polar surface area (TPSA) is 30.2 Å². The van der Waals surface area contributed by atoms with Crippen molar-refractivity contribution in [2.24, 2.45) is 10.9 Å². The number of rotatable bonds is 0. The van der Waals surface area contributed by atoms with E-state index in [1.165, 1.54) is 5.69 Å². The molecular formula is C10H15N3. The van der Waals surface area contributed by atoms with E-state index >= 15 is 0 Å². The van der Waals surface area contributed by atoms with Crippen LogP contribution in [0, 0.1) is 19.8 Å².